The normalized spacial score (nSPS) is 22.4. The molecule has 40 heavy (non-hydrogen) atoms. The number of benzene rings is 2. The van der Waals surface area contributed by atoms with Crippen molar-refractivity contribution in [3.63, 3.8) is 0 Å². The molecule has 5 unspecified atom stereocenters. The van der Waals surface area contributed by atoms with E-state index in [1.165, 1.54) is 24.3 Å². The van der Waals surface area contributed by atoms with Gasteiger partial charge in [0, 0.05) is 27.7 Å². The third-order valence-electron chi connectivity index (χ3n) is 5.10. The number of phosphoric ester groups is 1. The van der Waals surface area contributed by atoms with E-state index in [0.29, 0.717) is 0 Å². The van der Waals surface area contributed by atoms with Crippen molar-refractivity contribution in [1.82, 2.24) is 0 Å². The zero-order chi connectivity index (χ0) is 29.3. The maximum absolute atomic E-state index is 14.0. The van der Waals surface area contributed by atoms with Crippen molar-refractivity contribution < 1.29 is 61.0 Å². The summed E-state index contributed by atoms with van der Waals surface area (Å²) in [6.45, 7) is 3.87. The van der Waals surface area contributed by atoms with E-state index in [0.717, 1.165) is 27.7 Å². The molecule has 14 heteroatoms. The minimum Gasteiger partial charge on any atom is -0.463 e. The number of para-hydroxylation sites is 2. The van der Waals surface area contributed by atoms with E-state index in [1.54, 1.807) is 36.4 Å². The van der Waals surface area contributed by atoms with Crippen molar-refractivity contribution in [2.24, 2.45) is 0 Å². The third-order valence-corrected chi connectivity index (χ3v) is 6.44. The Morgan fingerprint density at radius 3 is 1.57 bits per heavy atom. The van der Waals surface area contributed by atoms with E-state index in [9.17, 15) is 23.7 Å². The van der Waals surface area contributed by atoms with Crippen LogP contribution in [0.3, 0.4) is 0 Å². The number of phosphoric acid groups is 1. The molecular formula is C26H29O13P. The number of esters is 4. The summed E-state index contributed by atoms with van der Waals surface area (Å²) in [6.07, 6.45) is -7.71. The highest BCUT2D eigenvalue weighted by Gasteiger charge is 2.55. The second-order valence-electron chi connectivity index (χ2n) is 8.43. The van der Waals surface area contributed by atoms with Gasteiger partial charge in [0.2, 0.25) is 6.29 Å². The Hall–Kier alpha value is -3.93. The predicted molar refractivity (Wildman–Crippen MR) is 135 cm³/mol. The summed E-state index contributed by atoms with van der Waals surface area (Å²) in [6, 6.07) is 15.9. The average Bonchev–Trinajstić information content (AvgIpc) is 2.86. The predicted octanol–water partition coefficient (Wildman–Crippen LogP) is 3.35. The Bertz CT molecular complexity index is 1170. The summed E-state index contributed by atoms with van der Waals surface area (Å²) < 4.78 is 58.0. The lowest BCUT2D eigenvalue weighted by Gasteiger charge is -2.44. The highest BCUT2D eigenvalue weighted by Crippen LogP contribution is 2.52. The molecule has 1 saturated heterocycles. The van der Waals surface area contributed by atoms with Crippen LogP contribution < -0.4 is 9.05 Å². The molecule has 1 fully saturated rings. The van der Waals surface area contributed by atoms with Crippen LogP contribution in [0, 0.1) is 0 Å². The quantitative estimate of drug-likeness (QED) is 0.217. The fourth-order valence-corrected chi connectivity index (χ4v) is 4.99. The number of hydrogen-bond acceptors (Lipinski definition) is 13. The van der Waals surface area contributed by atoms with Crippen molar-refractivity contribution in [3.8, 4) is 11.5 Å². The SMILES string of the molecule is CC(=O)OCC1OC(OP(=O)(Oc2ccccc2)Oc2ccccc2)C(OC(C)=O)C(OC(C)=O)C1OC(C)=O. The minimum absolute atomic E-state index is 0.104. The first-order valence-corrected chi connectivity index (χ1v) is 13.5. The number of hydrogen-bond donors (Lipinski definition) is 0. The third kappa shape index (κ3) is 9.08. The van der Waals surface area contributed by atoms with Crippen LogP contribution in [0.4, 0.5) is 0 Å². The first kappa shape index (κ1) is 30.6. The molecule has 0 bridgehead atoms. The summed E-state index contributed by atoms with van der Waals surface area (Å²) in [5, 5.41) is 0. The van der Waals surface area contributed by atoms with Crippen LogP contribution in [0.25, 0.3) is 0 Å². The van der Waals surface area contributed by atoms with Crippen LogP contribution in [0.1, 0.15) is 27.7 Å². The maximum Gasteiger partial charge on any atom is 0.590 e. The molecule has 0 saturated carbocycles. The number of carbonyl (C=O) groups is 4. The zero-order valence-electron chi connectivity index (χ0n) is 22.1. The summed E-state index contributed by atoms with van der Waals surface area (Å²) in [7, 11) is -4.66. The zero-order valence-corrected chi connectivity index (χ0v) is 23.0. The first-order chi connectivity index (χ1) is 19.0. The molecule has 0 amide bonds. The van der Waals surface area contributed by atoms with Gasteiger partial charge in [0.1, 0.15) is 24.2 Å². The topological polar surface area (TPSA) is 159 Å². The average molecular weight is 580 g/mol. The van der Waals surface area contributed by atoms with Gasteiger partial charge < -0.3 is 32.7 Å². The van der Waals surface area contributed by atoms with E-state index >= 15 is 0 Å². The molecule has 0 spiro atoms. The van der Waals surface area contributed by atoms with Crippen molar-refractivity contribution >= 4 is 31.7 Å². The van der Waals surface area contributed by atoms with Gasteiger partial charge in [-0.25, -0.2) is 9.09 Å². The molecule has 216 valence electrons. The summed E-state index contributed by atoms with van der Waals surface area (Å²) in [4.78, 5) is 47.6. The van der Waals surface area contributed by atoms with Crippen LogP contribution in [-0.2, 0) is 52.0 Å². The first-order valence-electron chi connectivity index (χ1n) is 12.0. The van der Waals surface area contributed by atoms with Gasteiger partial charge in [0.05, 0.1) is 0 Å². The summed E-state index contributed by atoms with van der Waals surface area (Å²) in [5.74, 6) is -2.98. The summed E-state index contributed by atoms with van der Waals surface area (Å²) in [5.41, 5.74) is 0. The van der Waals surface area contributed by atoms with Gasteiger partial charge >= 0.3 is 31.7 Å². The smallest absolute Gasteiger partial charge is 0.463 e. The van der Waals surface area contributed by atoms with Gasteiger partial charge in [-0.3, -0.25) is 19.2 Å². The van der Waals surface area contributed by atoms with E-state index in [2.05, 4.69) is 0 Å². The lowest BCUT2D eigenvalue weighted by molar-refractivity contribution is -0.290. The van der Waals surface area contributed by atoms with Gasteiger partial charge in [-0.05, 0) is 24.3 Å². The van der Waals surface area contributed by atoms with Gasteiger partial charge in [-0.2, -0.15) is 0 Å². The molecule has 1 aliphatic rings. The number of carbonyl (C=O) groups excluding carboxylic acids is 4. The Kier molecular flexibility index (Phi) is 10.7. The molecule has 0 aromatic heterocycles. The molecule has 1 heterocycles. The van der Waals surface area contributed by atoms with Crippen LogP contribution in [-0.4, -0.2) is 61.2 Å². The van der Waals surface area contributed by atoms with E-state index in [-0.39, 0.29) is 11.5 Å². The number of rotatable bonds is 11. The van der Waals surface area contributed by atoms with Crippen LogP contribution >= 0.6 is 7.82 Å². The van der Waals surface area contributed by atoms with Crippen LogP contribution in [0.2, 0.25) is 0 Å². The van der Waals surface area contributed by atoms with Crippen molar-refractivity contribution in [1.29, 1.82) is 0 Å². The molecule has 0 N–H and O–H groups in total. The van der Waals surface area contributed by atoms with E-state index in [4.69, 9.17) is 37.3 Å². The Labute approximate surface area is 230 Å². The van der Waals surface area contributed by atoms with E-state index < -0.39 is 69.0 Å². The fraction of sp³-hybridized carbons (Fsp3) is 0.385. The maximum atomic E-state index is 14.0. The number of ether oxygens (including phenoxy) is 5. The van der Waals surface area contributed by atoms with Gasteiger partial charge in [0.25, 0.3) is 0 Å². The molecular weight excluding hydrogens is 551 g/mol. The second kappa shape index (κ2) is 13.9. The van der Waals surface area contributed by atoms with E-state index in [1.807, 2.05) is 0 Å². The van der Waals surface area contributed by atoms with Gasteiger partial charge in [-0.15, -0.1) is 0 Å². The standard InChI is InChI=1S/C26H29O13P/c1-16(27)32-15-22-23(33-17(2)28)24(34-18(3)29)25(35-19(4)30)26(36-22)39-40(31,37-20-11-7-5-8-12-20)38-21-13-9-6-10-14-21/h5-14,22-26H,15H2,1-4H3. The van der Waals surface area contributed by atoms with Gasteiger partial charge in [-0.1, -0.05) is 36.4 Å². The molecule has 5 atom stereocenters. The largest absolute Gasteiger partial charge is 0.590 e. The van der Waals surface area contributed by atoms with Crippen molar-refractivity contribution in [2.45, 2.75) is 58.4 Å². The highest BCUT2D eigenvalue weighted by atomic mass is 31.2. The Balaban J connectivity index is 2.05. The molecule has 2 aromatic rings. The fourth-order valence-electron chi connectivity index (χ4n) is 3.68. The Morgan fingerprint density at radius 1 is 0.675 bits per heavy atom. The van der Waals surface area contributed by atoms with Crippen molar-refractivity contribution in [2.75, 3.05) is 6.61 Å². The molecule has 0 aliphatic carbocycles. The van der Waals surface area contributed by atoms with Crippen molar-refractivity contribution in [3.05, 3.63) is 60.7 Å². The minimum atomic E-state index is -4.66. The second-order valence-corrected chi connectivity index (χ2v) is 9.90. The molecule has 3 rings (SSSR count). The molecule has 2 aromatic carbocycles. The highest BCUT2D eigenvalue weighted by molar-refractivity contribution is 7.49. The molecule has 1 aliphatic heterocycles. The van der Waals surface area contributed by atoms with Gasteiger partial charge in [0.15, 0.2) is 18.3 Å². The van der Waals surface area contributed by atoms with Crippen LogP contribution in [0.15, 0.2) is 60.7 Å². The monoisotopic (exact) mass is 580 g/mol. The van der Waals surface area contributed by atoms with Crippen LogP contribution in [0.5, 0.6) is 11.5 Å². The lowest BCUT2D eigenvalue weighted by Crippen LogP contribution is -2.62. The molecule has 0 radical (unpaired) electrons. The Morgan fingerprint density at radius 2 is 1.12 bits per heavy atom. The lowest BCUT2D eigenvalue weighted by atomic mass is 9.98. The summed E-state index contributed by atoms with van der Waals surface area (Å²) >= 11 is 0. The molecule has 13 nitrogen and oxygen atoms in total.